The van der Waals surface area contributed by atoms with Crippen molar-refractivity contribution in [2.24, 2.45) is 0 Å². The highest BCUT2D eigenvalue weighted by molar-refractivity contribution is 6.17. The van der Waals surface area contributed by atoms with E-state index in [4.69, 9.17) is 16.3 Å². The van der Waals surface area contributed by atoms with Crippen molar-refractivity contribution in [3.05, 3.63) is 23.4 Å². The van der Waals surface area contributed by atoms with Gasteiger partial charge in [-0.3, -0.25) is 0 Å². The molecule has 1 rings (SSSR count). The van der Waals surface area contributed by atoms with Crippen LogP contribution in [-0.4, -0.2) is 11.6 Å². The van der Waals surface area contributed by atoms with Crippen molar-refractivity contribution in [1.82, 2.24) is 4.98 Å². The molecule has 0 aliphatic heterocycles. The van der Waals surface area contributed by atoms with Gasteiger partial charge < -0.3 is 4.74 Å². The molecule has 0 spiro atoms. The fourth-order valence-corrected chi connectivity index (χ4v) is 1.71. The van der Waals surface area contributed by atoms with Crippen LogP contribution in [0.2, 0.25) is 0 Å². The number of alkyl halides is 1. The second-order valence-corrected chi connectivity index (χ2v) is 4.85. The van der Waals surface area contributed by atoms with E-state index in [0.717, 1.165) is 24.3 Å². The topological polar surface area (TPSA) is 22.1 Å². The Kier molecular flexibility index (Phi) is 6.35. The van der Waals surface area contributed by atoms with Gasteiger partial charge in [-0.15, -0.1) is 11.6 Å². The summed E-state index contributed by atoms with van der Waals surface area (Å²) in [5.41, 5.74) is 2.13. The maximum atomic E-state index is 5.88. The van der Waals surface area contributed by atoms with E-state index >= 15 is 0 Å². The van der Waals surface area contributed by atoms with E-state index in [1.165, 1.54) is 12.8 Å². The lowest BCUT2D eigenvalue weighted by molar-refractivity contribution is 0.293. The van der Waals surface area contributed by atoms with Gasteiger partial charge in [0.2, 0.25) is 5.88 Å². The average Bonchev–Trinajstić information content (AvgIpc) is 2.34. The zero-order chi connectivity index (χ0) is 12.7. The second kappa shape index (κ2) is 7.54. The van der Waals surface area contributed by atoms with E-state index in [1.807, 2.05) is 6.07 Å². The summed E-state index contributed by atoms with van der Waals surface area (Å²) in [6.45, 7) is 7.18. The molecule has 0 bridgehead atoms. The normalized spacial score (nSPS) is 10.9. The number of pyridine rings is 1. The summed E-state index contributed by atoms with van der Waals surface area (Å²) in [6, 6.07) is 3.99. The van der Waals surface area contributed by atoms with Gasteiger partial charge in [0, 0.05) is 17.6 Å². The van der Waals surface area contributed by atoms with Crippen molar-refractivity contribution >= 4 is 11.6 Å². The molecule has 2 nitrogen and oxygen atoms in total. The lowest BCUT2D eigenvalue weighted by Gasteiger charge is -2.11. The zero-order valence-electron chi connectivity index (χ0n) is 11.0. The third-order valence-electron chi connectivity index (χ3n) is 2.63. The van der Waals surface area contributed by atoms with Crippen LogP contribution in [0.25, 0.3) is 0 Å². The third kappa shape index (κ3) is 4.95. The lowest BCUT2D eigenvalue weighted by Crippen LogP contribution is -2.02. The smallest absolute Gasteiger partial charge is 0.213 e. The van der Waals surface area contributed by atoms with Crippen molar-refractivity contribution in [2.45, 2.75) is 51.8 Å². The molecule has 0 N–H and O–H groups in total. The molecular formula is C14H22ClNO. The fraction of sp³-hybridized carbons (Fsp3) is 0.643. The Morgan fingerprint density at radius 3 is 2.65 bits per heavy atom. The van der Waals surface area contributed by atoms with Crippen LogP contribution in [0, 0.1) is 0 Å². The van der Waals surface area contributed by atoms with Gasteiger partial charge in [-0.1, -0.05) is 33.6 Å². The molecule has 0 radical (unpaired) electrons. The molecule has 0 unspecified atom stereocenters. The SMILES string of the molecule is CCCCCOc1cc(CCl)cc(C(C)C)n1. The Labute approximate surface area is 109 Å². The van der Waals surface area contributed by atoms with E-state index in [0.29, 0.717) is 17.7 Å². The van der Waals surface area contributed by atoms with E-state index in [9.17, 15) is 0 Å². The molecule has 1 aromatic rings. The molecule has 0 saturated carbocycles. The molecule has 0 aromatic carbocycles. The second-order valence-electron chi connectivity index (χ2n) is 4.58. The van der Waals surface area contributed by atoms with Gasteiger partial charge in [0.15, 0.2) is 0 Å². The first kappa shape index (κ1) is 14.3. The monoisotopic (exact) mass is 255 g/mol. The van der Waals surface area contributed by atoms with Gasteiger partial charge in [0.05, 0.1) is 6.61 Å². The Balaban J connectivity index is 2.66. The van der Waals surface area contributed by atoms with Crippen LogP contribution in [0.1, 0.15) is 57.2 Å². The fourth-order valence-electron chi connectivity index (χ4n) is 1.56. The predicted octanol–water partition coefficient (Wildman–Crippen LogP) is 4.51. The standard InChI is InChI=1S/C14H22ClNO/c1-4-5-6-7-17-14-9-12(10-15)8-13(16-14)11(2)3/h8-9,11H,4-7,10H2,1-3H3. The zero-order valence-corrected chi connectivity index (χ0v) is 11.8. The molecule has 1 heterocycles. The summed E-state index contributed by atoms with van der Waals surface area (Å²) in [7, 11) is 0. The van der Waals surface area contributed by atoms with Crippen molar-refractivity contribution in [3.63, 3.8) is 0 Å². The molecule has 96 valence electrons. The molecule has 17 heavy (non-hydrogen) atoms. The van der Waals surface area contributed by atoms with Crippen LogP contribution in [0.3, 0.4) is 0 Å². The molecule has 0 saturated heterocycles. The number of nitrogens with zero attached hydrogens (tertiary/aromatic N) is 1. The van der Waals surface area contributed by atoms with Crippen molar-refractivity contribution in [1.29, 1.82) is 0 Å². The van der Waals surface area contributed by atoms with Crippen LogP contribution in [0.5, 0.6) is 5.88 Å². The average molecular weight is 256 g/mol. The Hall–Kier alpha value is -0.760. The van der Waals surface area contributed by atoms with Gasteiger partial charge >= 0.3 is 0 Å². The molecule has 0 aliphatic carbocycles. The van der Waals surface area contributed by atoms with Crippen molar-refractivity contribution in [3.8, 4) is 5.88 Å². The van der Waals surface area contributed by atoms with Crippen LogP contribution in [0.4, 0.5) is 0 Å². The number of halogens is 1. The molecule has 0 atom stereocenters. The number of ether oxygens (including phenoxy) is 1. The minimum Gasteiger partial charge on any atom is -0.478 e. The van der Waals surface area contributed by atoms with Crippen LogP contribution in [-0.2, 0) is 5.88 Å². The highest BCUT2D eigenvalue weighted by atomic mass is 35.5. The highest BCUT2D eigenvalue weighted by Gasteiger charge is 2.06. The summed E-state index contributed by atoms with van der Waals surface area (Å²) in [5.74, 6) is 1.62. The first-order valence-corrected chi connectivity index (χ1v) is 6.90. The number of rotatable bonds is 7. The molecule has 1 aromatic heterocycles. The summed E-state index contributed by atoms with van der Waals surface area (Å²) < 4.78 is 5.67. The number of hydrogen-bond acceptors (Lipinski definition) is 2. The quantitative estimate of drug-likeness (QED) is 0.528. The molecule has 3 heteroatoms. The number of aromatic nitrogens is 1. The van der Waals surface area contributed by atoms with Crippen LogP contribution in [0.15, 0.2) is 12.1 Å². The maximum Gasteiger partial charge on any atom is 0.213 e. The molecule has 0 aliphatic rings. The molecule has 0 fully saturated rings. The first-order valence-electron chi connectivity index (χ1n) is 6.37. The summed E-state index contributed by atoms with van der Waals surface area (Å²) in [6.07, 6.45) is 3.49. The first-order chi connectivity index (χ1) is 8.17. The Morgan fingerprint density at radius 1 is 1.29 bits per heavy atom. The van der Waals surface area contributed by atoms with Crippen LogP contribution >= 0.6 is 11.6 Å². The van der Waals surface area contributed by atoms with E-state index in [2.05, 4.69) is 31.8 Å². The summed E-state index contributed by atoms with van der Waals surface area (Å²) in [4.78, 5) is 4.50. The highest BCUT2D eigenvalue weighted by Crippen LogP contribution is 2.20. The molecular weight excluding hydrogens is 234 g/mol. The van der Waals surface area contributed by atoms with Gasteiger partial charge in [-0.05, 0) is 24.0 Å². The van der Waals surface area contributed by atoms with Crippen molar-refractivity contribution < 1.29 is 4.74 Å². The number of unbranched alkanes of at least 4 members (excludes halogenated alkanes) is 2. The van der Waals surface area contributed by atoms with Crippen LogP contribution < -0.4 is 4.74 Å². The van der Waals surface area contributed by atoms with Gasteiger partial charge in [0.1, 0.15) is 0 Å². The van der Waals surface area contributed by atoms with Gasteiger partial charge in [-0.2, -0.15) is 0 Å². The van der Waals surface area contributed by atoms with Gasteiger partial charge in [-0.25, -0.2) is 4.98 Å². The van der Waals surface area contributed by atoms with E-state index in [1.54, 1.807) is 0 Å². The predicted molar refractivity (Wildman–Crippen MR) is 72.9 cm³/mol. The Morgan fingerprint density at radius 2 is 2.06 bits per heavy atom. The van der Waals surface area contributed by atoms with E-state index in [-0.39, 0.29) is 0 Å². The summed E-state index contributed by atoms with van der Waals surface area (Å²) >= 11 is 5.88. The van der Waals surface area contributed by atoms with Crippen molar-refractivity contribution in [2.75, 3.05) is 6.61 Å². The van der Waals surface area contributed by atoms with Gasteiger partial charge in [0.25, 0.3) is 0 Å². The minimum absolute atomic E-state index is 0.399. The summed E-state index contributed by atoms with van der Waals surface area (Å²) in [5, 5.41) is 0. The minimum atomic E-state index is 0.399. The Bertz CT molecular complexity index is 339. The third-order valence-corrected chi connectivity index (χ3v) is 2.93. The largest absolute Gasteiger partial charge is 0.478 e. The molecule has 0 amide bonds. The lowest BCUT2D eigenvalue weighted by atomic mass is 10.1. The maximum absolute atomic E-state index is 5.88. The van der Waals surface area contributed by atoms with E-state index < -0.39 is 0 Å². The number of hydrogen-bond donors (Lipinski definition) is 0.